The zero-order chi connectivity index (χ0) is 2.00. The summed E-state index contributed by atoms with van der Waals surface area (Å²) in [6.45, 7) is 0. The van der Waals surface area contributed by atoms with E-state index < -0.39 is 0 Å². The molecule has 0 bridgehead atoms. The molecule has 0 aromatic carbocycles. The summed E-state index contributed by atoms with van der Waals surface area (Å²) < 4.78 is 9.64. The van der Waals surface area contributed by atoms with Gasteiger partial charge >= 0.3 is 30.9 Å². The Morgan fingerprint density at radius 1 is 1.00 bits per heavy atom. The zero-order valence-corrected chi connectivity index (χ0v) is 4.38. The van der Waals surface area contributed by atoms with Crippen molar-refractivity contribution in [2.24, 2.45) is 0 Å². The van der Waals surface area contributed by atoms with Gasteiger partial charge in [-0.2, -0.15) is 0 Å². The average molecular weight is 78.0 g/mol. The van der Waals surface area contributed by atoms with Gasteiger partial charge in [0.1, 0.15) is 0 Å². The second-order valence-corrected chi connectivity index (χ2v) is 0. The zero-order valence-electron chi connectivity index (χ0n) is 2.38. The van der Waals surface area contributed by atoms with E-state index in [1.807, 2.05) is 0 Å². The van der Waals surface area contributed by atoms with Crippen molar-refractivity contribution in [1.82, 2.24) is 0 Å². The standard InChI is InChI=1S/FH.Na.2H2O/h1H;;2*1H2/q;+1;;/p-1. The normalized spacial score (nSPS) is 1.75. The maximum absolute atomic E-state index is 9.64. The molecule has 0 unspecified atom stereocenters. The van der Waals surface area contributed by atoms with E-state index in [1.165, 1.54) is 0 Å². The quantitative estimate of drug-likeness (QED) is 0.313. The predicted molar refractivity (Wildman–Crippen MR) is 14.1 cm³/mol. The number of hydrogen-bond acceptors (Lipinski definition) is 0. The molecule has 0 spiro atoms. The van der Waals surface area contributed by atoms with Gasteiger partial charge in [0.05, 0.1) is 0 Å². The van der Waals surface area contributed by atoms with Gasteiger partial charge in [-0.05, 0) is 0 Å². The second-order valence-electron chi connectivity index (χ2n) is 0. The van der Waals surface area contributed by atoms with Crippen molar-refractivity contribution in [3.05, 3.63) is 0 Å². The molecule has 2 nitrogen and oxygen atoms in total. The van der Waals surface area contributed by atoms with E-state index in [4.69, 9.17) is 0 Å². The summed E-state index contributed by atoms with van der Waals surface area (Å²) in [7, 11) is 0. The van der Waals surface area contributed by atoms with Gasteiger partial charge < -0.3 is 11.0 Å². The van der Waals surface area contributed by atoms with Crippen molar-refractivity contribution >= 4 is 28.6 Å². The molecule has 0 atom stereocenters. The Morgan fingerprint density at radius 3 is 1.00 bits per heavy atom. The summed E-state index contributed by atoms with van der Waals surface area (Å²) in [6, 6.07) is 0. The van der Waals surface area contributed by atoms with Gasteiger partial charge in [0, 0.05) is 0 Å². The van der Waals surface area contributed by atoms with Gasteiger partial charge in [-0.25, -0.2) is 0 Å². The predicted octanol–water partition coefficient (Wildman–Crippen LogP) is -1.61. The summed E-state index contributed by atoms with van der Waals surface area (Å²) in [5.41, 5.74) is 0. The van der Waals surface area contributed by atoms with Crippen molar-refractivity contribution in [2.75, 3.05) is 0 Å². The number of rotatable bonds is 0. The molecule has 0 aromatic rings. The van der Waals surface area contributed by atoms with Crippen molar-refractivity contribution in [2.45, 2.75) is 0 Å². The SMILES string of the molecule is O.O.[F][Na]. The van der Waals surface area contributed by atoms with Crippen molar-refractivity contribution < 1.29 is 13.2 Å². The van der Waals surface area contributed by atoms with Crippen LogP contribution in [0.1, 0.15) is 0 Å². The summed E-state index contributed by atoms with van der Waals surface area (Å²) in [5.74, 6) is 0. The molecule has 0 rings (SSSR count). The first-order chi connectivity index (χ1) is 1.00. The Morgan fingerprint density at radius 2 is 1.00 bits per heavy atom. The van der Waals surface area contributed by atoms with Crippen molar-refractivity contribution in [1.29, 1.82) is 0 Å². The third-order valence-corrected chi connectivity index (χ3v) is 0. The Labute approximate surface area is 42.1 Å². The fourth-order valence-corrected chi connectivity index (χ4v) is 0. The fourth-order valence-electron chi connectivity index (χ4n) is 0. The molecule has 0 aliphatic carbocycles. The molecule has 24 valence electrons. The van der Waals surface area contributed by atoms with Gasteiger partial charge in [-0.15, -0.1) is 0 Å². The second kappa shape index (κ2) is 43.3. The van der Waals surface area contributed by atoms with Crippen LogP contribution in [0.4, 0.5) is 2.27 Å². The summed E-state index contributed by atoms with van der Waals surface area (Å²) in [4.78, 5) is 0. The van der Waals surface area contributed by atoms with E-state index in [2.05, 4.69) is 0 Å². The Hall–Kier alpha value is 0.850. The van der Waals surface area contributed by atoms with Crippen LogP contribution in [0.15, 0.2) is 0 Å². The molecule has 0 fully saturated rings. The summed E-state index contributed by atoms with van der Waals surface area (Å²) >= 11 is -0.194. The van der Waals surface area contributed by atoms with Gasteiger partial charge in [0.2, 0.25) is 0 Å². The molecule has 4 heavy (non-hydrogen) atoms. The molecular formula is H4FNaO2. The molecule has 0 radical (unpaired) electrons. The van der Waals surface area contributed by atoms with Crippen LogP contribution in [0.3, 0.4) is 0 Å². The van der Waals surface area contributed by atoms with Crippen LogP contribution in [0.25, 0.3) is 0 Å². The molecule has 4 N–H and O–H groups in total. The Balaban J connectivity index is -0.00000000500. The molecular weight excluding hydrogens is 74.0 g/mol. The molecule has 0 saturated carbocycles. The van der Waals surface area contributed by atoms with E-state index in [1.54, 1.807) is 0 Å². The van der Waals surface area contributed by atoms with Gasteiger partial charge in [0.25, 0.3) is 0 Å². The van der Waals surface area contributed by atoms with E-state index in [0.717, 1.165) is 0 Å². The van der Waals surface area contributed by atoms with E-state index >= 15 is 0 Å². The van der Waals surface area contributed by atoms with Gasteiger partial charge in [0.15, 0.2) is 0 Å². The Kier molecular flexibility index (Phi) is 227. The average Bonchev–Trinajstić information content (AvgIpc) is 1.00. The first-order valence-electron chi connectivity index (χ1n) is 0.378. The van der Waals surface area contributed by atoms with E-state index in [-0.39, 0.29) is 39.5 Å². The fraction of sp³-hybridized carbons (Fsp3) is 0. The van der Waals surface area contributed by atoms with Crippen LogP contribution >= 0.6 is 0 Å². The molecule has 0 aliphatic rings. The van der Waals surface area contributed by atoms with Gasteiger partial charge in [-0.1, -0.05) is 0 Å². The number of hydrogen-bond donors (Lipinski definition) is 0. The van der Waals surface area contributed by atoms with Crippen LogP contribution in [-0.2, 0) is 0 Å². The maximum atomic E-state index is 9.64. The minimum absolute atomic E-state index is 0. The molecule has 0 aromatic heterocycles. The van der Waals surface area contributed by atoms with Crippen molar-refractivity contribution in [3.8, 4) is 0 Å². The molecule has 0 saturated heterocycles. The van der Waals surface area contributed by atoms with Crippen LogP contribution < -0.4 is 0 Å². The molecule has 0 amide bonds. The monoisotopic (exact) mass is 78.0 g/mol. The van der Waals surface area contributed by atoms with Crippen molar-refractivity contribution in [3.63, 3.8) is 0 Å². The van der Waals surface area contributed by atoms with Crippen LogP contribution in [0.2, 0.25) is 0 Å². The molecule has 4 heteroatoms. The Bertz CT molecular complexity index is 6.00. The molecule has 0 aliphatic heterocycles. The van der Waals surface area contributed by atoms with E-state index in [0.29, 0.717) is 0 Å². The first kappa shape index (κ1) is 21.0. The topological polar surface area (TPSA) is 63.0 Å². The third kappa shape index (κ3) is 13.5. The van der Waals surface area contributed by atoms with Crippen LogP contribution in [-0.4, -0.2) is 39.5 Å². The number of halogens is 1. The summed E-state index contributed by atoms with van der Waals surface area (Å²) in [6.07, 6.45) is 0. The first-order valence-corrected chi connectivity index (χ1v) is 1.13. The minimum atomic E-state index is -0.194. The van der Waals surface area contributed by atoms with Crippen LogP contribution in [0.5, 0.6) is 0 Å². The van der Waals surface area contributed by atoms with Gasteiger partial charge in [-0.3, -0.25) is 0 Å². The molecule has 0 heterocycles. The van der Waals surface area contributed by atoms with Crippen LogP contribution in [0, 0.1) is 0 Å². The summed E-state index contributed by atoms with van der Waals surface area (Å²) in [5, 5.41) is 0. The van der Waals surface area contributed by atoms with E-state index in [9.17, 15) is 2.27 Å². The third-order valence-electron chi connectivity index (χ3n) is 0.